The van der Waals surface area contributed by atoms with Crippen molar-refractivity contribution in [3.05, 3.63) is 12.5 Å². The number of nitrogens with zero attached hydrogens (tertiary/aromatic N) is 2. The maximum atomic E-state index is 12.0. The molecular weight excluding hydrogens is 288 g/mol. The highest BCUT2D eigenvalue weighted by atomic mass is 32.2. The Morgan fingerprint density at radius 1 is 1.55 bits per heavy atom. The highest BCUT2D eigenvalue weighted by Gasteiger charge is 2.27. The van der Waals surface area contributed by atoms with Gasteiger partial charge in [0, 0.05) is 19.2 Å². The molecule has 10 heteroatoms. The van der Waals surface area contributed by atoms with Crippen LogP contribution in [0.3, 0.4) is 0 Å². The molecule has 1 aromatic rings. The van der Waals surface area contributed by atoms with Crippen molar-refractivity contribution in [1.29, 1.82) is 0 Å². The second-order valence-electron chi connectivity index (χ2n) is 4.06. The molecule has 112 valence electrons. The van der Waals surface area contributed by atoms with Crippen LogP contribution in [0.15, 0.2) is 17.6 Å². The van der Waals surface area contributed by atoms with E-state index >= 15 is 0 Å². The first kappa shape index (κ1) is 16.1. The molecule has 20 heavy (non-hydrogen) atoms. The minimum absolute atomic E-state index is 0.224. The van der Waals surface area contributed by atoms with Crippen molar-refractivity contribution in [3.63, 3.8) is 0 Å². The van der Waals surface area contributed by atoms with Crippen molar-refractivity contribution in [3.8, 4) is 0 Å². The van der Waals surface area contributed by atoms with Crippen molar-refractivity contribution >= 4 is 21.9 Å². The fourth-order valence-electron chi connectivity index (χ4n) is 1.42. The van der Waals surface area contributed by atoms with Crippen LogP contribution in [0.25, 0.3) is 0 Å². The molecule has 9 nitrogen and oxygen atoms in total. The summed E-state index contributed by atoms with van der Waals surface area (Å²) in [6.07, 6.45) is 2.16. The lowest BCUT2D eigenvalue weighted by atomic mass is 10.2. The number of carboxylic acids is 1. The number of primary amides is 1. The molecule has 0 unspecified atom stereocenters. The summed E-state index contributed by atoms with van der Waals surface area (Å²) in [6, 6.07) is -1.43. The predicted octanol–water partition coefficient (Wildman–Crippen LogP) is -1.10. The number of hydrogen-bond acceptors (Lipinski definition) is 5. The summed E-state index contributed by atoms with van der Waals surface area (Å²) >= 11 is 0. The quantitative estimate of drug-likeness (QED) is 0.556. The summed E-state index contributed by atoms with van der Waals surface area (Å²) < 4.78 is 27.4. The Labute approximate surface area is 115 Å². The van der Waals surface area contributed by atoms with Gasteiger partial charge in [-0.15, -0.1) is 0 Å². The second kappa shape index (κ2) is 6.48. The van der Waals surface area contributed by atoms with E-state index in [1.165, 1.54) is 17.1 Å². The number of aromatic nitrogens is 2. The van der Waals surface area contributed by atoms with Crippen molar-refractivity contribution in [2.45, 2.75) is 37.4 Å². The normalized spacial score (nSPS) is 13.1. The SMILES string of the molecule is CCn1cnc(S(=O)(=O)N[C@H](CCC(N)=O)C(=O)O)c1. The van der Waals surface area contributed by atoms with Crippen LogP contribution in [0.5, 0.6) is 0 Å². The highest BCUT2D eigenvalue weighted by Crippen LogP contribution is 2.08. The number of nitrogens with one attached hydrogen (secondary N) is 1. The number of rotatable bonds is 8. The van der Waals surface area contributed by atoms with Crippen LogP contribution in [-0.2, 0) is 26.2 Å². The number of carboxylic acid groups (broad SMARTS) is 1. The average Bonchev–Trinajstić information content (AvgIpc) is 2.83. The number of aliphatic carboxylic acids is 1. The van der Waals surface area contributed by atoms with E-state index in [2.05, 4.69) is 4.98 Å². The van der Waals surface area contributed by atoms with Crippen LogP contribution < -0.4 is 10.5 Å². The zero-order chi connectivity index (χ0) is 15.3. The first-order valence-electron chi connectivity index (χ1n) is 5.81. The molecule has 0 spiro atoms. The summed E-state index contributed by atoms with van der Waals surface area (Å²) in [5.74, 6) is -2.09. The molecule has 4 N–H and O–H groups in total. The molecule has 0 aliphatic rings. The van der Waals surface area contributed by atoms with Gasteiger partial charge in [0.1, 0.15) is 6.04 Å². The number of nitrogens with two attached hydrogens (primary N) is 1. The van der Waals surface area contributed by atoms with Crippen LogP contribution in [0.1, 0.15) is 19.8 Å². The summed E-state index contributed by atoms with van der Waals surface area (Å²) in [6.45, 7) is 2.34. The van der Waals surface area contributed by atoms with E-state index in [-0.39, 0.29) is 17.9 Å². The molecule has 1 aromatic heterocycles. The predicted molar refractivity (Wildman–Crippen MR) is 68.1 cm³/mol. The van der Waals surface area contributed by atoms with Gasteiger partial charge < -0.3 is 15.4 Å². The number of carbonyl (C=O) groups is 2. The fraction of sp³-hybridized carbons (Fsp3) is 0.500. The molecule has 0 radical (unpaired) electrons. The topological polar surface area (TPSA) is 144 Å². The zero-order valence-corrected chi connectivity index (χ0v) is 11.6. The van der Waals surface area contributed by atoms with Crippen LogP contribution >= 0.6 is 0 Å². The van der Waals surface area contributed by atoms with Gasteiger partial charge in [-0.3, -0.25) is 9.59 Å². The summed E-state index contributed by atoms with van der Waals surface area (Å²) in [5.41, 5.74) is 4.91. The van der Waals surface area contributed by atoms with E-state index in [4.69, 9.17) is 10.8 Å². The highest BCUT2D eigenvalue weighted by molar-refractivity contribution is 7.89. The largest absolute Gasteiger partial charge is 0.480 e. The van der Waals surface area contributed by atoms with E-state index in [1.54, 1.807) is 6.92 Å². The van der Waals surface area contributed by atoms with Crippen LogP contribution in [0, 0.1) is 0 Å². The van der Waals surface area contributed by atoms with Crippen LogP contribution in [0.2, 0.25) is 0 Å². The Bertz CT molecular complexity index is 595. The number of sulfonamides is 1. The molecule has 0 aromatic carbocycles. The van der Waals surface area contributed by atoms with Gasteiger partial charge in [0.15, 0.2) is 5.03 Å². The van der Waals surface area contributed by atoms with Crippen molar-refractivity contribution < 1.29 is 23.1 Å². The van der Waals surface area contributed by atoms with Gasteiger partial charge in [0.05, 0.1) is 6.33 Å². The molecule has 0 bridgehead atoms. The molecule has 0 saturated carbocycles. The fourth-order valence-corrected chi connectivity index (χ4v) is 2.59. The van der Waals surface area contributed by atoms with Gasteiger partial charge in [-0.1, -0.05) is 0 Å². The van der Waals surface area contributed by atoms with E-state index in [0.29, 0.717) is 6.54 Å². The Hall–Kier alpha value is -1.94. The average molecular weight is 304 g/mol. The second-order valence-corrected chi connectivity index (χ2v) is 5.72. The number of hydrogen-bond donors (Lipinski definition) is 3. The van der Waals surface area contributed by atoms with Crippen LogP contribution in [-0.4, -0.2) is 41.0 Å². The summed E-state index contributed by atoms with van der Waals surface area (Å²) in [5, 5.41) is 8.67. The lowest BCUT2D eigenvalue weighted by Crippen LogP contribution is -2.41. The van der Waals surface area contributed by atoms with Crippen LogP contribution in [0.4, 0.5) is 0 Å². The number of imidazole rings is 1. The molecule has 1 rings (SSSR count). The van der Waals surface area contributed by atoms with E-state index in [9.17, 15) is 18.0 Å². The third-order valence-corrected chi connectivity index (χ3v) is 3.88. The standard InChI is InChI=1S/C10H16N4O5S/c1-2-14-5-9(12-6-14)20(18,19)13-7(10(16)17)3-4-8(11)15/h5-7,13H,2-4H2,1H3,(H2,11,15)(H,16,17)/t7-/m1/s1. The minimum Gasteiger partial charge on any atom is -0.480 e. The molecule has 1 atom stereocenters. The van der Waals surface area contributed by atoms with Crippen molar-refractivity contribution in [2.75, 3.05) is 0 Å². The van der Waals surface area contributed by atoms with Crippen molar-refractivity contribution in [2.24, 2.45) is 5.73 Å². The zero-order valence-electron chi connectivity index (χ0n) is 10.8. The molecule has 0 aliphatic carbocycles. The van der Waals surface area contributed by atoms with Gasteiger partial charge in [-0.2, -0.15) is 4.72 Å². The van der Waals surface area contributed by atoms with E-state index < -0.39 is 27.9 Å². The lowest BCUT2D eigenvalue weighted by Gasteiger charge is -2.12. The maximum absolute atomic E-state index is 12.0. The minimum atomic E-state index is -4.06. The third-order valence-electron chi connectivity index (χ3n) is 2.52. The molecule has 1 heterocycles. The maximum Gasteiger partial charge on any atom is 0.321 e. The van der Waals surface area contributed by atoms with Gasteiger partial charge >= 0.3 is 5.97 Å². The summed E-state index contributed by atoms with van der Waals surface area (Å²) in [4.78, 5) is 25.3. The number of carbonyl (C=O) groups excluding carboxylic acids is 1. The Kier molecular flexibility index (Phi) is 5.22. The first-order chi connectivity index (χ1) is 9.26. The van der Waals surface area contributed by atoms with Crippen molar-refractivity contribution in [1.82, 2.24) is 14.3 Å². The Balaban J connectivity index is 2.85. The molecule has 0 aliphatic heterocycles. The molecule has 0 saturated heterocycles. The Morgan fingerprint density at radius 3 is 2.65 bits per heavy atom. The molecular formula is C10H16N4O5S. The third kappa shape index (κ3) is 4.31. The van der Waals surface area contributed by atoms with Gasteiger partial charge in [-0.05, 0) is 13.3 Å². The lowest BCUT2D eigenvalue weighted by molar-refractivity contribution is -0.139. The van der Waals surface area contributed by atoms with Gasteiger partial charge in [-0.25, -0.2) is 13.4 Å². The summed E-state index contributed by atoms with van der Waals surface area (Å²) in [7, 11) is -4.06. The number of amides is 1. The first-order valence-corrected chi connectivity index (χ1v) is 7.29. The van der Waals surface area contributed by atoms with Gasteiger partial charge in [0.25, 0.3) is 10.0 Å². The molecule has 1 amide bonds. The molecule has 0 fully saturated rings. The monoisotopic (exact) mass is 304 g/mol. The van der Waals surface area contributed by atoms with E-state index in [0.717, 1.165) is 0 Å². The van der Waals surface area contributed by atoms with Gasteiger partial charge in [0.2, 0.25) is 5.91 Å². The Morgan fingerprint density at radius 2 is 2.20 bits per heavy atom. The number of aryl methyl sites for hydroxylation is 1. The van der Waals surface area contributed by atoms with E-state index in [1.807, 2.05) is 4.72 Å². The smallest absolute Gasteiger partial charge is 0.321 e.